The summed E-state index contributed by atoms with van der Waals surface area (Å²) in [6.45, 7) is 3.64. The number of nitrogens with zero attached hydrogens (tertiary/aromatic N) is 2. The van der Waals surface area contributed by atoms with Crippen LogP contribution in [0.15, 0.2) is 30.3 Å². The number of halogens is 1. The third-order valence-electron chi connectivity index (χ3n) is 3.19. The summed E-state index contributed by atoms with van der Waals surface area (Å²) < 4.78 is 15.4. The van der Waals surface area contributed by atoms with Gasteiger partial charge in [0.1, 0.15) is 5.82 Å². The smallest absolute Gasteiger partial charge is 0.126 e. The van der Waals surface area contributed by atoms with Gasteiger partial charge in [0.05, 0.1) is 11.3 Å². The Morgan fingerprint density at radius 1 is 1.32 bits per heavy atom. The fourth-order valence-corrected chi connectivity index (χ4v) is 2.33. The molecule has 1 unspecified atom stereocenters. The molecule has 0 spiro atoms. The van der Waals surface area contributed by atoms with Crippen molar-refractivity contribution < 1.29 is 9.50 Å². The minimum Gasteiger partial charge on any atom is -0.389 e. The van der Waals surface area contributed by atoms with Crippen LogP contribution in [-0.2, 0) is 19.9 Å². The molecule has 0 saturated carbocycles. The van der Waals surface area contributed by atoms with Gasteiger partial charge < -0.3 is 5.11 Å². The molecule has 0 bridgehead atoms. The van der Waals surface area contributed by atoms with E-state index in [2.05, 4.69) is 5.10 Å². The summed E-state index contributed by atoms with van der Waals surface area (Å²) in [4.78, 5) is 0. The second-order valence-corrected chi connectivity index (χ2v) is 5.34. The molecule has 0 aliphatic carbocycles. The number of aliphatic hydroxyl groups is 1. The molecular weight excluding hydrogens is 243 g/mol. The van der Waals surface area contributed by atoms with Gasteiger partial charge in [-0.05, 0) is 31.5 Å². The van der Waals surface area contributed by atoms with Gasteiger partial charge in [-0.2, -0.15) is 5.10 Å². The summed E-state index contributed by atoms with van der Waals surface area (Å²) in [7, 11) is 1.85. The van der Waals surface area contributed by atoms with Crippen molar-refractivity contribution in [2.75, 3.05) is 0 Å². The van der Waals surface area contributed by atoms with Gasteiger partial charge in [-0.1, -0.05) is 18.2 Å². The summed E-state index contributed by atoms with van der Waals surface area (Å²) in [5.41, 5.74) is 1.40. The molecule has 1 atom stereocenters. The van der Waals surface area contributed by atoms with E-state index in [1.165, 1.54) is 6.07 Å². The van der Waals surface area contributed by atoms with Gasteiger partial charge in [-0.15, -0.1) is 0 Å². The maximum Gasteiger partial charge on any atom is 0.126 e. The molecule has 1 N–H and O–H groups in total. The van der Waals surface area contributed by atoms with Crippen LogP contribution in [-0.4, -0.2) is 20.5 Å². The fourth-order valence-electron chi connectivity index (χ4n) is 2.33. The van der Waals surface area contributed by atoms with E-state index in [9.17, 15) is 9.50 Å². The van der Waals surface area contributed by atoms with Crippen LogP contribution >= 0.6 is 0 Å². The topological polar surface area (TPSA) is 38.0 Å². The first kappa shape index (κ1) is 13.7. The van der Waals surface area contributed by atoms with Gasteiger partial charge in [-0.3, -0.25) is 4.68 Å². The van der Waals surface area contributed by atoms with Gasteiger partial charge in [0.2, 0.25) is 0 Å². The van der Waals surface area contributed by atoms with E-state index >= 15 is 0 Å². The molecule has 0 saturated heterocycles. The van der Waals surface area contributed by atoms with Gasteiger partial charge >= 0.3 is 0 Å². The SMILES string of the molecule is Cc1cc(CC(C)(O)Cc2ccccc2F)n(C)n1. The molecule has 2 rings (SSSR count). The van der Waals surface area contributed by atoms with Crippen molar-refractivity contribution in [3.05, 3.63) is 53.1 Å². The first-order valence-electron chi connectivity index (χ1n) is 6.33. The minimum absolute atomic E-state index is 0.274. The van der Waals surface area contributed by atoms with Crippen molar-refractivity contribution in [1.82, 2.24) is 9.78 Å². The molecule has 0 amide bonds. The average molecular weight is 262 g/mol. The molecule has 2 aromatic rings. The van der Waals surface area contributed by atoms with Crippen molar-refractivity contribution >= 4 is 0 Å². The summed E-state index contributed by atoms with van der Waals surface area (Å²) in [5, 5.41) is 14.7. The second-order valence-electron chi connectivity index (χ2n) is 5.34. The molecule has 3 nitrogen and oxygen atoms in total. The Morgan fingerprint density at radius 3 is 2.58 bits per heavy atom. The zero-order valence-corrected chi connectivity index (χ0v) is 11.5. The highest BCUT2D eigenvalue weighted by atomic mass is 19.1. The summed E-state index contributed by atoms with van der Waals surface area (Å²) >= 11 is 0. The normalized spacial score (nSPS) is 14.4. The highest BCUT2D eigenvalue weighted by molar-refractivity contribution is 5.20. The van der Waals surface area contributed by atoms with Crippen molar-refractivity contribution in [2.24, 2.45) is 7.05 Å². The fraction of sp³-hybridized carbons (Fsp3) is 0.400. The third-order valence-corrected chi connectivity index (χ3v) is 3.19. The highest BCUT2D eigenvalue weighted by Crippen LogP contribution is 2.20. The van der Waals surface area contributed by atoms with Crippen LogP contribution in [0, 0.1) is 12.7 Å². The zero-order chi connectivity index (χ0) is 14.0. The first-order chi connectivity index (χ1) is 8.87. The van der Waals surface area contributed by atoms with E-state index in [0.717, 1.165) is 11.4 Å². The Balaban J connectivity index is 2.15. The molecule has 1 heterocycles. The van der Waals surface area contributed by atoms with Gasteiger partial charge in [0.25, 0.3) is 0 Å². The lowest BCUT2D eigenvalue weighted by Gasteiger charge is -2.23. The molecule has 1 aromatic heterocycles. The monoisotopic (exact) mass is 262 g/mol. The van der Waals surface area contributed by atoms with Gasteiger partial charge in [-0.25, -0.2) is 4.39 Å². The van der Waals surface area contributed by atoms with E-state index in [1.54, 1.807) is 29.8 Å². The van der Waals surface area contributed by atoms with Crippen LogP contribution in [0.2, 0.25) is 0 Å². The van der Waals surface area contributed by atoms with Gasteiger partial charge in [0.15, 0.2) is 0 Å². The molecule has 19 heavy (non-hydrogen) atoms. The predicted molar refractivity (Wildman–Crippen MR) is 72.4 cm³/mol. The van der Waals surface area contributed by atoms with Crippen LogP contribution in [0.1, 0.15) is 23.9 Å². The molecule has 0 aliphatic heterocycles. The maximum atomic E-state index is 13.6. The Labute approximate surface area is 112 Å². The Hall–Kier alpha value is -1.68. The van der Waals surface area contributed by atoms with Crippen LogP contribution in [0.3, 0.4) is 0 Å². The molecular formula is C15H19FN2O. The quantitative estimate of drug-likeness (QED) is 0.918. The van der Waals surface area contributed by atoms with E-state index in [1.807, 2.05) is 20.0 Å². The largest absolute Gasteiger partial charge is 0.389 e. The van der Waals surface area contributed by atoms with Crippen molar-refractivity contribution in [3.63, 3.8) is 0 Å². The van der Waals surface area contributed by atoms with Crippen LogP contribution < -0.4 is 0 Å². The predicted octanol–water partition coefficient (Wildman–Crippen LogP) is 2.40. The van der Waals surface area contributed by atoms with E-state index in [0.29, 0.717) is 12.0 Å². The van der Waals surface area contributed by atoms with Crippen molar-refractivity contribution in [3.8, 4) is 0 Å². The van der Waals surface area contributed by atoms with Crippen molar-refractivity contribution in [2.45, 2.75) is 32.3 Å². The number of aryl methyl sites for hydroxylation is 2. The number of aromatic nitrogens is 2. The lowest BCUT2D eigenvalue weighted by Crippen LogP contribution is -2.31. The van der Waals surface area contributed by atoms with Crippen LogP contribution in [0.5, 0.6) is 0 Å². The van der Waals surface area contributed by atoms with Crippen LogP contribution in [0.4, 0.5) is 4.39 Å². The minimum atomic E-state index is -0.998. The lowest BCUT2D eigenvalue weighted by atomic mass is 9.91. The van der Waals surface area contributed by atoms with Gasteiger partial charge in [0, 0.05) is 25.6 Å². The number of hydrogen-bond donors (Lipinski definition) is 1. The molecule has 4 heteroatoms. The molecule has 102 valence electrons. The molecule has 1 aromatic carbocycles. The van der Waals surface area contributed by atoms with Crippen LogP contribution in [0.25, 0.3) is 0 Å². The number of hydrogen-bond acceptors (Lipinski definition) is 2. The Bertz CT molecular complexity index is 575. The lowest BCUT2D eigenvalue weighted by molar-refractivity contribution is 0.0580. The maximum absolute atomic E-state index is 13.6. The summed E-state index contributed by atoms with van der Waals surface area (Å²) in [5.74, 6) is -0.274. The average Bonchev–Trinajstić information content (AvgIpc) is 2.59. The Kier molecular flexibility index (Phi) is 3.71. The zero-order valence-electron chi connectivity index (χ0n) is 11.5. The summed E-state index contributed by atoms with van der Waals surface area (Å²) in [6, 6.07) is 8.49. The second kappa shape index (κ2) is 5.13. The molecule has 0 aliphatic rings. The third kappa shape index (κ3) is 3.41. The van der Waals surface area contributed by atoms with E-state index < -0.39 is 5.60 Å². The number of benzene rings is 1. The first-order valence-corrected chi connectivity index (χ1v) is 6.33. The van der Waals surface area contributed by atoms with E-state index in [-0.39, 0.29) is 12.2 Å². The highest BCUT2D eigenvalue weighted by Gasteiger charge is 2.24. The number of rotatable bonds is 4. The standard InChI is InChI=1S/C15H19FN2O/c1-11-8-13(18(3)17-11)10-15(2,19)9-12-6-4-5-7-14(12)16/h4-8,19H,9-10H2,1-3H3. The Morgan fingerprint density at radius 2 is 2.00 bits per heavy atom. The van der Waals surface area contributed by atoms with Crippen molar-refractivity contribution in [1.29, 1.82) is 0 Å². The summed E-state index contributed by atoms with van der Waals surface area (Å²) in [6.07, 6.45) is 0.725. The molecule has 0 radical (unpaired) electrons. The van der Waals surface area contributed by atoms with E-state index in [4.69, 9.17) is 0 Å². The molecule has 0 fully saturated rings.